The van der Waals surface area contributed by atoms with Crippen molar-refractivity contribution < 1.29 is 4.79 Å². The maximum Gasteiger partial charge on any atom is 0.235 e. The van der Waals surface area contributed by atoms with Crippen molar-refractivity contribution >= 4 is 34.7 Å². The highest BCUT2D eigenvalue weighted by molar-refractivity contribution is 8.00. The first-order valence-electron chi connectivity index (χ1n) is 8.43. The Hall–Kier alpha value is -3.20. The van der Waals surface area contributed by atoms with Gasteiger partial charge in [0.1, 0.15) is 17.7 Å². The second-order valence-electron chi connectivity index (χ2n) is 6.21. The number of aromatic amines is 1. The molecule has 2 N–H and O–H groups in total. The van der Waals surface area contributed by atoms with Gasteiger partial charge in [0.2, 0.25) is 5.91 Å². The Morgan fingerprint density at radius 1 is 1.19 bits per heavy atom. The van der Waals surface area contributed by atoms with E-state index in [1.165, 1.54) is 6.33 Å². The third-order valence-electron chi connectivity index (χ3n) is 4.51. The second-order valence-corrected chi connectivity index (χ2v) is 7.30. The molecule has 0 fully saturated rings. The van der Waals surface area contributed by atoms with Crippen molar-refractivity contribution in [1.29, 1.82) is 0 Å². The fraction of sp³-hybridized carbons (Fsp3) is 0.167. The smallest absolute Gasteiger partial charge is 0.235 e. The molecular formula is C18H15N7OS. The van der Waals surface area contributed by atoms with Crippen LogP contribution in [-0.2, 0) is 4.79 Å². The normalized spacial score (nSPS) is 16.8. The van der Waals surface area contributed by atoms with Crippen molar-refractivity contribution in [3.8, 4) is 5.82 Å². The maximum absolute atomic E-state index is 12.4. The van der Waals surface area contributed by atoms with E-state index >= 15 is 0 Å². The van der Waals surface area contributed by atoms with Crippen molar-refractivity contribution in [2.75, 3.05) is 11.1 Å². The molecule has 1 aromatic carbocycles. The van der Waals surface area contributed by atoms with E-state index in [0.717, 1.165) is 16.8 Å². The summed E-state index contributed by atoms with van der Waals surface area (Å²) in [6.07, 6.45) is 3.02. The Bertz CT molecular complexity index is 1150. The number of benzene rings is 1. The molecule has 1 amide bonds. The van der Waals surface area contributed by atoms with E-state index in [0.29, 0.717) is 28.6 Å². The van der Waals surface area contributed by atoms with E-state index in [4.69, 9.17) is 5.10 Å². The topological polar surface area (TPSA) is 101 Å². The molecule has 0 bridgehead atoms. The molecule has 8 nitrogen and oxygen atoms in total. The third-order valence-corrected chi connectivity index (χ3v) is 5.78. The molecule has 4 heterocycles. The molecule has 0 saturated carbocycles. The van der Waals surface area contributed by atoms with Gasteiger partial charge in [-0.05, 0) is 12.5 Å². The molecule has 3 aromatic heterocycles. The van der Waals surface area contributed by atoms with Crippen molar-refractivity contribution in [2.24, 2.45) is 0 Å². The van der Waals surface area contributed by atoms with Crippen molar-refractivity contribution in [2.45, 2.75) is 12.2 Å². The van der Waals surface area contributed by atoms with E-state index in [1.807, 2.05) is 25.1 Å². The fourth-order valence-corrected chi connectivity index (χ4v) is 4.53. The highest BCUT2D eigenvalue weighted by atomic mass is 32.2. The molecule has 0 spiro atoms. The van der Waals surface area contributed by atoms with E-state index < -0.39 is 0 Å². The van der Waals surface area contributed by atoms with Crippen LogP contribution in [0.25, 0.3) is 17.0 Å². The molecule has 1 atom stereocenters. The van der Waals surface area contributed by atoms with Crippen molar-refractivity contribution in [1.82, 2.24) is 29.7 Å². The minimum absolute atomic E-state index is 0.00740. The summed E-state index contributed by atoms with van der Waals surface area (Å²) in [5.74, 6) is 1.51. The summed E-state index contributed by atoms with van der Waals surface area (Å²) in [5.41, 5.74) is 4.20. The van der Waals surface area contributed by atoms with Gasteiger partial charge in [0, 0.05) is 5.56 Å². The van der Waals surface area contributed by atoms with Crippen LogP contribution >= 0.6 is 11.8 Å². The number of amides is 1. The number of hydrogen-bond donors (Lipinski definition) is 2. The zero-order chi connectivity index (χ0) is 18.4. The number of carbonyl (C=O) groups is 1. The van der Waals surface area contributed by atoms with Crippen LogP contribution < -0.4 is 5.32 Å². The predicted molar refractivity (Wildman–Crippen MR) is 103 cm³/mol. The number of aromatic nitrogens is 6. The minimum atomic E-state index is -0.0595. The first-order valence-corrected chi connectivity index (χ1v) is 9.47. The summed E-state index contributed by atoms with van der Waals surface area (Å²) in [6.45, 7) is 1.95. The number of fused-ring (bicyclic) bond motifs is 2. The number of nitrogens with zero attached hydrogens (tertiary/aromatic N) is 5. The quantitative estimate of drug-likeness (QED) is 0.557. The van der Waals surface area contributed by atoms with Crippen LogP contribution in [0.2, 0.25) is 0 Å². The Labute approximate surface area is 158 Å². The summed E-state index contributed by atoms with van der Waals surface area (Å²) in [6, 6.07) is 10.2. The summed E-state index contributed by atoms with van der Waals surface area (Å²) >= 11 is 1.60. The number of thioether (sulfide) groups is 1. The van der Waals surface area contributed by atoms with Crippen molar-refractivity contribution in [3.63, 3.8) is 0 Å². The molecule has 134 valence electrons. The summed E-state index contributed by atoms with van der Waals surface area (Å²) in [7, 11) is 0. The largest absolute Gasteiger partial charge is 0.340 e. The van der Waals surface area contributed by atoms with Gasteiger partial charge in [0.15, 0.2) is 11.5 Å². The number of hydrogen-bond acceptors (Lipinski definition) is 6. The standard InChI is InChI=1S/C18H15N7OS/c1-10-13-15(11-5-3-2-4-6-11)27-7-12(26)23-17(13)25(24-10)18-14-16(20-8-19-14)21-9-22-18/h2-6,8-9,15H,7H2,1H3,(H,23,26)(H,19,20,21,22)/t15-/m1/s1. The first kappa shape index (κ1) is 16.0. The lowest BCUT2D eigenvalue weighted by Gasteiger charge is -2.15. The summed E-state index contributed by atoms with van der Waals surface area (Å²) in [5, 5.41) is 7.71. The van der Waals surface area contributed by atoms with Gasteiger partial charge in [0.05, 0.1) is 23.0 Å². The molecule has 1 aliphatic rings. The molecule has 27 heavy (non-hydrogen) atoms. The van der Waals surface area contributed by atoms with Gasteiger partial charge in [0.25, 0.3) is 0 Å². The van der Waals surface area contributed by atoms with Gasteiger partial charge in [-0.3, -0.25) is 4.79 Å². The van der Waals surface area contributed by atoms with Gasteiger partial charge in [-0.15, -0.1) is 11.8 Å². The summed E-state index contributed by atoms with van der Waals surface area (Å²) < 4.78 is 1.67. The fourth-order valence-electron chi connectivity index (χ4n) is 3.34. The number of rotatable bonds is 2. The van der Waals surface area contributed by atoms with Crippen LogP contribution in [0.4, 0.5) is 5.82 Å². The molecule has 0 aliphatic carbocycles. The van der Waals surface area contributed by atoms with Crippen LogP contribution in [-0.4, -0.2) is 41.4 Å². The molecule has 0 unspecified atom stereocenters. The zero-order valence-electron chi connectivity index (χ0n) is 14.4. The molecule has 0 radical (unpaired) electrons. The molecule has 9 heteroatoms. The summed E-state index contributed by atoms with van der Waals surface area (Å²) in [4.78, 5) is 28.2. The van der Waals surface area contributed by atoms with Gasteiger partial charge in [-0.1, -0.05) is 30.3 Å². The van der Waals surface area contributed by atoms with Gasteiger partial charge < -0.3 is 10.3 Å². The number of H-pyrrole nitrogens is 1. The Morgan fingerprint density at radius 3 is 2.89 bits per heavy atom. The number of anilines is 1. The SMILES string of the molecule is Cc1nn(-c2ncnc3nc[nH]c23)c2c1[C@@H](c1ccccc1)SCC(=O)N2. The van der Waals surface area contributed by atoms with Crippen LogP contribution in [0.15, 0.2) is 43.0 Å². The zero-order valence-corrected chi connectivity index (χ0v) is 15.2. The van der Waals surface area contributed by atoms with Gasteiger partial charge in [-0.25, -0.2) is 15.0 Å². The van der Waals surface area contributed by atoms with Crippen LogP contribution in [0, 0.1) is 6.92 Å². The van der Waals surface area contributed by atoms with Gasteiger partial charge in [-0.2, -0.15) is 9.78 Å². The number of imidazole rings is 1. The highest BCUT2D eigenvalue weighted by Crippen LogP contribution is 2.43. The average Bonchev–Trinajstić information content (AvgIpc) is 3.23. The minimum Gasteiger partial charge on any atom is -0.340 e. The molecule has 1 aliphatic heterocycles. The lowest BCUT2D eigenvalue weighted by Crippen LogP contribution is -2.16. The predicted octanol–water partition coefficient (Wildman–Crippen LogP) is 2.62. The van der Waals surface area contributed by atoms with Crippen molar-refractivity contribution in [3.05, 3.63) is 59.8 Å². The lowest BCUT2D eigenvalue weighted by molar-refractivity contribution is -0.113. The van der Waals surface area contributed by atoms with Crippen LogP contribution in [0.3, 0.4) is 0 Å². The van der Waals surface area contributed by atoms with E-state index in [1.54, 1.807) is 22.8 Å². The molecule has 0 saturated heterocycles. The molecule has 4 aromatic rings. The Kier molecular flexibility index (Phi) is 3.68. The maximum atomic E-state index is 12.4. The number of carbonyl (C=O) groups excluding carboxylic acids is 1. The average molecular weight is 377 g/mol. The monoisotopic (exact) mass is 377 g/mol. The van der Waals surface area contributed by atoms with Crippen LogP contribution in [0.5, 0.6) is 0 Å². The van der Waals surface area contributed by atoms with E-state index in [2.05, 4.69) is 37.4 Å². The Balaban J connectivity index is 1.75. The van der Waals surface area contributed by atoms with Crippen LogP contribution in [0.1, 0.15) is 22.1 Å². The number of nitrogens with one attached hydrogen (secondary N) is 2. The lowest BCUT2D eigenvalue weighted by atomic mass is 10.0. The van der Waals surface area contributed by atoms with Gasteiger partial charge >= 0.3 is 0 Å². The number of aryl methyl sites for hydroxylation is 1. The molecular weight excluding hydrogens is 362 g/mol. The highest BCUT2D eigenvalue weighted by Gasteiger charge is 2.31. The van der Waals surface area contributed by atoms with E-state index in [9.17, 15) is 4.79 Å². The molecule has 5 rings (SSSR count). The van der Waals surface area contributed by atoms with E-state index in [-0.39, 0.29) is 11.2 Å². The second kappa shape index (κ2) is 6.20. The Morgan fingerprint density at radius 2 is 2.04 bits per heavy atom. The third kappa shape index (κ3) is 2.58. The first-order chi connectivity index (χ1) is 13.2.